The fourth-order valence-corrected chi connectivity index (χ4v) is 2.67. The standard InChI is InChI=1S/C12H21N3OS/c1-9(17(3)16)7-13-11-5-4-6-12-10(11)8-14-15(12)2/h8-9,11,13H,4-7H2,1-3H3. The van der Waals surface area contributed by atoms with Crippen LogP contribution in [0.25, 0.3) is 0 Å². The first-order valence-electron chi connectivity index (χ1n) is 6.16. The number of aromatic nitrogens is 2. The third-order valence-electron chi connectivity index (χ3n) is 3.59. The van der Waals surface area contributed by atoms with Crippen LogP contribution in [0.4, 0.5) is 0 Å². The van der Waals surface area contributed by atoms with E-state index in [1.165, 1.54) is 17.7 Å². The molecule has 0 amide bonds. The number of fused-ring (bicyclic) bond motifs is 1. The predicted octanol–water partition coefficient (Wildman–Crippen LogP) is 1.15. The number of aryl methyl sites for hydroxylation is 1. The highest BCUT2D eigenvalue weighted by Gasteiger charge is 2.23. The van der Waals surface area contributed by atoms with Gasteiger partial charge in [-0.15, -0.1) is 0 Å². The minimum Gasteiger partial charge on any atom is -0.309 e. The van der Waals surface area contributed by atoms with Crippen molar-refractivity contribution in [1.82, 2.24) is 15.1 Å². The third-order valence-corrected chi connectivity index (χ3v) is 4.89. The molecule has 4 nitrogen and oxygen atoms in total. The molecule has 0 bridgehead atoms. The molecule has 2 rings (SSSR count). The molecule has 0 spiro atoms. The molecule has 1 aliphatic carbocycles. The van der Waals surface area contributed by atoms with Gasteiger partial charge in [-0.25, -0.2) is 0 Å². The smallest absolute Gasteiger partial charge is 0.0540 e. The summed E-state index contributed by atoms with van der Waals surface area (Å²) in [5, 5.41) is 8.06. The average molecular weight is 255 g/mol. The van der Waals surface area contributed by atoms with Crippen LogP contribution < -0.4 is 5.32 Å². The minimum absolute atomic E-state index is 0.206. The first-order chi connectivity index (χ1) is 8.09. The highest BCUT2D eigenvalue weighted by atomic mass is 32.2. The van der Waals surface area contributed by atoms with Gasteiger partial charge in [0.05, 0.1) is 6.20 Å². The van der Waals surface area contributed by atoms with Crippen molar-refractivity contribution in [2.75, 3.05) is 12.8 Å². The number of rotatable bonds is 4. The van der Waals surface area contributed by atoms with Gasteiger partial charge in [0.15, 0.2) is 0 Å². The van der Waals surface area contributed by atoms with Crippen molar-refractivity contribution in [1.29, 1.82) is 0 Å². The molecule has 5 heteroatoms. The van der Waals surface area contributed by atoms with E-state index in [9.17, 15) is 4.21 Å². The van der Waals surface area contributed by atoms with E-state index >= 15 is 0 Å². The summed E-state index contributed by atoms with van der Waals surface area (Å²) in [5.41, 5.74) is 2.67. The Morgan fingerprint density at radius 1 is 1.71 bits per heavy atom. The molecule has 0 saturated carbocycles. The van der Waals surface area contributed by atoms with Crippen LogP contribution in [-0.2, 0) is 24.3 Å². The van der Waals surface area contributed by atoms with Crippen LogP contribution in [0.2, 0.25) is 0 Å². The molecule has 0 saturated heterocycles. The lowest BCUT2D eigenvalue weighted by Gasteiger charge is -2.25. The largest absolute Gasteiger partial charge is 0.309 e. The minimum atomic E-state index is -0.751. The fraction of sp³-hybridized carbons (Fsp3) is 0.750. The molecule has 0 aromatic carbocycles. The van der Waals surface area contributed by atoms with Crippen molar-refractivity contribution in [2.45, 2.75) is 37.5 Å². The van der Waals surface area contributed by atoms with Gasteiger partial charge < -0.3 is 5.32 Å². The molecule has 3 unspecified atom stereocenters. The van der Waals surface area contributed by atoms with Crippen LogP contribution in [0.1, 0.15) is 37.1 Å². The Kier molecular flexibility index (Phi) is 3.99. The van der Waals surface area contributed by atoms with Gasteiger partial charge in [0.2, 0.25) is 0 Å². The number of nitrogens with zero attached hydrogens (tertiary/aromatic N) is 2. The molecule has 0 fully saturated rings. The van der Waals surface area contributed by atoms with Gasteiger partial charge in [-0.3, -0.25) is 8.89 Å². The van der Waals surface area contributed by atoms with Crippen LogP contribution in [0.15, 0.2) is 6.20 Å². The summed E-state index contributed by atoms with van der Waals surface area (Å²) in [7, 11) is 1.25. The Balaban J connectivity index is 2.01. The maximum absolute atomic E-state index is 11.3. The highest BCUT2D eigenvalue weighted by Crippen LogP contribution is 2.28. The van der Waals surface area contributed by atoms with Crippen LogP contribution >= 0.6 is 0 Å². The molecule has 1 heterocycles. The molecule has 1 aromatic rings. The maximum Gasteiger partial charge on any atom is 0.0540 e. The molecule has 1 N–H and O–H groups in total. The second kappa shape index (κ2) is 5.31. The summed E-state index contributed by atoms with van der Waals surface area (Å²) >= 11 is 0. The molecule has 17 heavy (non-hydrogen) atoms. The van der Waals surface area contributed by atoms with Crippen molar-refractivity contribution in [3.63, 3.8) is 0 Å². The normalized spacial score (nSPS) is 23.1. The van der Waals surface area contributed by atoms with Crippen molar-refractivity contribution in [2.24, 2.45) is 7.05 Å². The average Bonchev–Trinajstić information content (AvgIpc) is 2.69. The molecule has 0 radical (unpaired) electrons. The highest BCUT2D eigenvalue weighted by molar-refractivity contribution is 7.84. The molecule has 1 aliphatic rings. The zero-order chi connectivity index (χ0) is 12.4. The van der Waals surface area contributed by atoms with Gasteiger partial charge in [0.1, 0.15) is 0 Å². The van der Waals surface area contributed by atoms with Gasteiger partial charge in [0.25, 0.3) is 0 Å². The monoisotopic (exact) mass is 255 g/mol. The molecule has 1 aromatic heterocycles. The van der Waals surface area contributed by atoms with Gasteiger partial charge in [-0.1, -0.05) is 0 Å². The van der Waals surface area contributed by atoms with E-state index in [-0.39, 0.29) is 5.25 Å². The Hall–Kier alpha value is -0.680. The SMILES string of the molecule is CC(CNC1CCCc2c1cnn2C)S(C)=O. The van der Waals surface area contributed by atoms with Crippen molar-refractivity contribution in [3.05, 3.63) is 17.5 Å². The van der Waals surface area contributed by atoms with Gasteiger partial charge in [0, 0.05) is 53.2 Å². The summed E-state index contributed by atoms with van der Waals surface area (Å²) in [4.78, 5) is 0. The Morgan fingerprint density at radius 2 is 2.47 bits per heavy atom. The van der Waals surface area contributed by atoms with Crippen LogP contribution in [0.5, 0.6) is 0 Å². The van der Waals surface area contributed by atoms with E-state index in [4.69, 9.17) is 0 Å². The lowest BCUT2D eigenvalue weighted by atomic mass is 9.93. The predicted molar refractivity (Wildman–Crippen MR) is 70.4 cm³/mol. The Labute approximate surface area is 105 Å². The fourth-order valence-electron chi connectivity index (χ4n) is 2.34. The number of hydrogen-bond acceptors (Lipinski definition) is 3. The van der Waals surface area contributed by atoms with E-state index in [2.05, 4.69) is 10.4 Å². The van der Waals surface area contributed by atoms with E-state index in [0.717, 1.165) is 19.4 Å². The summed E-state index contributed by atoms with van der Waals surface area (Å²) in [6.45, 7) is 2.83. The Bertz CT molecular complexity index is 416. The summed E-state index contributed by atoms with van der Waals surface area (Å²) in [5.74, 6) is 0. The molecular weight excluding hydrogens is 234 g/mol. The van der Waals surface area contributed by atoms with Gasteiger partial charge >= 0.3 is 0 Å². The van der Waals surface area contributed by atoms with Crippen LogP contribution in [0, 0.1) is 0 Å². The first kappa shape index (κ1) is 12.8. The first-order valence-corrected chi connectivity index (χ1v) is 7.78. The topological polar surface area (TPSA) is 46.9 Å². The molecule has 3 atom stereocenters. The van der Waals surface area contributed by atoms with E-state index in [1.807, 2.05) is 24.9 Å². The third kappa shape index (κ3) is 2.77. The second-order valence-electron chi connectivity index (χ2n) is 4.83. The zero-order valence-corrected chi connectivity index (χ0v) is 11.6. The summed E-state index contributed by atoms with van der Waals surface area (Å²) < 4.78 is 13.3. The van der Waals surface area contributed by atoms with Crippen LogP contribution in [0.3, 0.4) is 0 Å². The van der Waals surface area contributed by atoms with E-state index in [1.54, 1.807) is 6.26 Å². The van der Waals surface area contributed by atoms with Gasteiger partial charge in [-0.2, -0.15) is 5.10 Å². The molecular formula is C12H21N3OS. The zero-order valence-electron chi connectivity index (χ0n) is 10.8. The van der Waals surface area contributed by atoms with Crippen molar-refractivity contribution < 1.29 is 4.21 Å². The summed E-state index contributed by atoms with van der Waals surface area (Å²) in [6.07, 6.45) is 7.22. The lowest BCUT2D eigenvalue weighted by Crippen LogP contribution is -2.32. The maximum atomic E-state index is 11.3. The van der Waals surface area contributed by atoms with Crippen LogP contribution in [-0.4, -0.2) is 32.0 Å². The number of hydrogen-bond donors (Lipinski definition) is 1. The lowest BCUT2D eigenvalue weighted by molar-refractivity contribution is 0.454. The Morgan fingerprint density at radius 3 is 3.18 bits per heavy atom. The molecule has 0 aliphatic heterocycles. The van der Waals surface area contributed by atoms with Crippen molar-refractivity contribution in [3.8, 4) is 0 Å². The van der Waals surface area contributed by atoms with E-state index in [0.29, 0.717) is 6.04 Å². The van der Waals surface area contributed by atoms with Gasteiger partial charge in [-0.05, 0) is 26.2 Å². The number of nitrogens with one attached hydrogen (secondary N) is 1. The van der Waals surface area contributed by atoms with Crippen molar-refractivity contribution >= 4 is 10.8 Å². The quantitative estimate of drug-likeness (QED) is 0.878. The second-order valence-corrected chi connectivity index (χ2v) is 6.63. The summed E-state index contributed by atoms with van der Waals surface area (Å²) in [6, 6.07) is 0.387. The van der Waals surface area contributed by atoms with E-state index < -0.39 is 10.8 Å². The molecule has 96 valence electrons.